The van der Waals surface area contributed by atoms with Gasteiger partial charge in [-0.3, -0.25) is 0 Å². The van der Waals surface area contributed by atoms with Crippen LogP contribution in [-0.2, 0) is 4.74 Å². The van der Waals surface area contributed by atoms with E-state index in [1.54, 1.807) is 0 Å². The Kier molecular flexibility index (Phi) is 4.97. The average molecular weight is 237 g/mol. The van der Waals surface area contributed by atoms with Crippen LogP contribution in [-0.4, -0.2) is 25.4 Å². The third-order valence-electron chi connectivity index (χ3n) is 2.17. The molecule has 0 amide bonds. The first-order chi connectivity index (χ1) is 7.87. The summed E-state index contributed by atoms with van der Waals surface area (Å²) in [6.07, 6.45) is 0. The van der Waals surface area contributed by atoms with Crippen molar-refractivity contribution in [2.75, 3.05) is 19.8 Å². The summed E-state index contributed by atoms with van der Waals surface area (Å²) >= 11 is 0. The van der Waals surface area contributed by atoms with Crippen LogP contribution in [0.1, 0.15) is 25.0 Å². The van der Waals surface area contributed by atoms with Gasteiger partial charge in [-0.25, -0.2) is 0 Å². The Morgan fingerprint density at radius 3 is 2.18 bits per heavy atom. The Balaban J connectivity index is 2.27. The normalized spacial score (nSPS) is 11.6. The fourth-order valence-electron chi connectivity index (χ4n) is 1.57. The van der Waals surface area contributed by atoms with E-state index in [9.17, 15) is 0 Å². The van der Waals surface area contributed by atoms with Gasteiger partial charge in [0, 0.05) is 5.54 Å². The number of benzene rings is 1. The maximum Gasteiger partial charge on any atom is 0.119 e. The summed E-state index contributed by atoms with van der Waals surface area (Å²) in [7, 11) is 0. The van der Waals surface area contributed by atoms with Crippen molar-refractivity contribution >= 4 is 0 Å². The first kappa shape index (κ1) is 14.0. The second-order valence-electron chi connectivity index (χ2n) is 5.21. The first-order valence-electron chi connectivity index (χ1n) is 5.94. The van der Waals surface area contributed by atoms with Gasteiger partial charge < -0.3 is 15.2 Å². The molecule has 3 nitrogen and oxygen atoms in total. The molecule has 1 aromatic carbocycles. The minimum atomic E-state index is -0.278. The number of ether oxygens (including phenoxy) is 2. The third kappa shape index (κ3) is 6.29. The zero-order valence-electron chi connectivity index (χ0n) is 11.2. The maximum atomic E-state index is 5.80. The van der Waals surface area contributed by atoms with Gasteiger partial charge in [-0.15, -0.1) is 0 Å². The largest absolute Gasteiger partial charge is 0.491 e. The van der Waals surface area contributed by atoms with Crippen molar-refractivity contribution in [2.45, 2.75) is 33.2 Å². The Hall–Kier alpha value is -1.06. The molecule has 2 N–H and O–H groups in total. The Morgan fingerprint density at radius 2 is 1.65 bits per heavy atom. The summed E-state index contributed by atoms with van der Waals surface area (Å²) in [5.41, 5.74) is 7.95. The van der Waals surface area contributed by atoms with Crippen molar-refractivity contribution in [1.29, 1.82) is 0 Å². The molecular formula is C14H23NO2. The quantitative estimate of drug-likeness (QED) is 0.773. The van der Waals surface area contributed by atoms with E-state index in [2.05, 4.69) is 19.9 Å². The molecule has 0 unspecified atom stereocenters. The minimum absolute atomic E-state index is 0.278. The summed E-state index contributed by atoms with van der Waals surface area (Å²) in [4.78, 5) is 0. The van der Waals surface area contributed by atoms with Crippen LogP contribution in [0.4, 0.5) is 0 Å². The fourth-order valence-corrected chi connectivity index (χ4v) is 1.57. The molecule has 17 heavy (non-hydrogen) atoms. The molecule has 0 radical (unpaired) electrons. The summed E-state index contributed by atoms with van der Waals surface area (Å²) < 4.78 is 11.0. The van der Waals surface area contributed by atoms with E-state index in [0.29, 0.717) is 19.8 Å². The Bertz CT molecular complexity index is 335. The summed E-state index contributed by atoms with van der Waals surface area (Å²) in [6.45, 7) is 9.67. The molecular weight excluding hydrogens is 214 g/mol. The monoisotopic (exact) mass is 237 g/mol. The SMILES string of the molecule is Cc1cc(C)cc(OCCOCC(C)(C)N)c1. The molecule has 0 heterocycles. The maximum absolute atomic E-state index is 5.80. The molecule has 0 aromatic heterocycles. The van der Waals surface area contributed by atoms with Crippen LogP contribution in [0.2, 0.25) is 0 Å². The second kappa shape index (κ2) is 6.03. The lowest BCUT2D eigenvalue weighted by atomic mass is 10.1. The molecule has 0 bridgehead atoms. The lowest BCUT2D eigenvalue weighted by molar-refractivity contribution is 0.0724. The van der Waals surface area contributed by atoms with Crippen LogP contribution in [0.5, 0.6) is 5.75 Å². The molecule has 1 aromatic rings. The Labute approximate surface area is 104 Å². The molecule has 0 aliphatic heterocycles. The zero-order valence-corrected chi connectivity index (χ0v) is 11.2. The Morgan fingerprint density at radius 1 is 1.06 bits per heavy atom. The van der Waals surface area contributed by atoms with Crippen molar-refractivity contribution in [3.8, 4) is 5.75 Å². The van der Waals surface area contributed by atoms with Gasteiger partial charge in [0.1, 0.15) is 12.4 Å². The van der Waals surface area contributed by atoms with Gasteiger partial charge in [-0.05, 0) is 51.0 Å². The van der Waals surface area contributed by atoms with Gasteiger partial charge in [0.25, 0.3) is 0 Å². The van der Waals surface area contributed by atoms with Crippen molar-refractivity contribution < 1.29 is 9.47 Å². The van der Waals surface area contributed by atoms with Crippen LogP contribution >= 0.6 is 0 Å². The lowest BCUT2D eigenvalue weighted by Crippen LogP contribution is -2.37. The van der Waals surface area contributed by atoms with Crippen LogP contribution in [0.15, 0.2) is 18.2 Å². The standard InChI is InChI=1S/C14H23NO2/c1-11-7-12(2)9-13(8-11)17-6-5-16-10-14(3,4)15/h7-9H,5-6,10,15H2,1-4H3. The fraction of sp³-hybridized carbons (Fsp3) is 0.571. The lowest BCUT2D eigenvalue weighted by Gasteiger charge is -2.18. The minimum Gasteiger partial charge on any atom is -0.491 e. The van der Waals surface area contributed by atoms with E-state index in [4.69, 9.17) is 15.2 Å². The van der Waals surface area contributed by atoms with E-state index in [1.807, 2.05) is 26.0 Å². The van der Waals surface area contributed by atoms with Gasteiger partial charge in [0.15, 0.2) is 0 Å². The summed E-state index contributed by atoms with van der Waals surface area (Å²) in [5.74, 6) is 0.901. The van der Waals surface area contributed by atoms with Crippen LogP contribution in [0.25, 0.3) is 0 Å². The molecule has 0 aliphatic rings. The highest BCUT2D eigenvalue weighted by Crippen LogP contribution is 2.15. The van der Waals surface area contributed by atoms with E-state index >= 15 is 0 Å². The molecule has 3 heteroatoms. The number of rotatable bonds is 6. The van der Waals surface area contributed by atoms with Crippen LogP contribution in [0.3, 0.4) is 0 Å². The number of nitrogens with two attached hydrogens (primary N) is 1. The zero-order chi connectivity index (χ0) is 12.9. The topological polar surface area (TPSA) is 44.5 Å². The highest BCUT2D eigenvalue weighted by atomic mass is 16.5. The van der Waals surface area contributed by atoms with Crippen molar-refractivity contribution in [3.63, 3.8) is 0 Å². The summed E-state index contributed by atoms with van der Waals surface area (Å²) in [5, 5.41) is 0. The third-order valence-corrected chi connectivity index (χ3v) is 2.17. The first-order valence-corrected chi connectivity index (χ1v) is 5.94. The van der Waals surface area contributed by atoms with E-state index in [0.717, 1.165) is 5.75 Å². The molecule has 0 spiro atoms. The highest BCUT2D eigenvalue weighted by Gasteiger charge is 2.09. The predicted molar refractivity (Wildman–Crippen MR) is 70.5 cm³/mol. The second-order valence-corrected chi connectivity index (χ2v) is 5.21. The molecule has 0 saturated carbocycles. The average Bonchev–Trinajstić information content (AvgIpc) is 2.13. The molecule has 96 valence electrons. The van der Waals surface area contributed by atoms with Gasteiger partial charge in [0.05, 0.1) is 13.2 Å². The molecule has 0 atom stereocenters. The van der Waals surface area contributed by atoms with Gasteiger partial charge >= 0.3 is 0 Å². The van der Waals surface area contributed by atoms with Gasteiger partial charge in [-0.2, -0.15) is 0 Å². The highest BCUT2D eigenvalue weighted by molar-refractivity contribution is 5.32. The van der Waals surface area contributed by atoms with Crippen molar-refractivity contribution in [2.24, 2.45) is 5.73 Å². The smallest absolute Gasteiger partial charge is 0.119 e. The number of hydrogen-bond acceptors (Lipinski definition) is 3. The van der Waals surface area contributed by atoms with Crippen molar-refractivity contribution in [3.05, 3.63) is 29.3 Å². The molecule has 0 saturated heterocycles. The van der Waals surface area contributed by atoms with E-state index in [-0.39, 0.29) is 5.54 Å². The van der Waals surface area contributed by atoms with Crippen LogP contribution < -0.4 is 10.5 Å². The molecule has 0 aliphatic carbocycles. The number of aryl methyl sites for hydroxylation is 2. The van der Waals surface area contributed by atoms with Crippen LogP contribution in [0, 0.1) is 13.8 Å². The van der Waals surface area contributed by atoms with E-state index in [1.165, 1.54) is 11.1 Å². The molecule has 1 rings (SSSR count). The summed E-state index contributed by atoms with van der Waals surface area (Å²) in [6, 6.07) is 6.18. The number of hydrogen-bond donors (Lipinski definition) is 1. The predicted octanol–water partition coefficient (Wildman–Crippen LogP) is 2.44. The van der Waals surface area contributed by atoms with E-state index < -0.39 is 0 Å². The van der Waals surface area contributed by atoms with Gasteiger partial charge in [-0.1, -0.05) is 6.07 Å². The van der Waals surface area contributed by atoms with Crippen molar-refractivity contribution in [1.82, 2.24) is 0 Å². The molecule has 0 fully saturated rings. The van der Waals surface area contributed by atoms with Gasteiger partial charge in [0.2, 0.25) is 0 Å².